The van der Waals surface area contributed by atoms with Gasteiger partial charge in [-0.15, -0.1) is 23.2 Å². The van der Waals surface area contributed by atoms with Crippen LogP contribution in [0, 0.1) is 34.1 Å². The Morgan fingerprint density at radius 2 is 1.14 bits per heavy atom. The van der Waals surface area contributed by atoms with E-state index in [4.69, 9.17) is 23.2 Å². The Labute approximate surface area is 129 Å². The van der Waals surface area contributed by atoms with Crippen LogP contribution in [0.5, 0.6) is 0 Å². The first kappa shape index (κ1) is 14.1. The first-order valence-electron chi connectivity index (χ1n) is 6.86. The van der Waals surface area contributed by atoms with Gasteiger partial charge in [0.2, 0.25) is 0 Å². The van der Waals surface area contributed by atoms with Gasteiger partial charge in [0.15, 0.2) is 23.3 Å². The molecule has 0 nitrogen and oxygen atoms in total. The van der Waals surface area contributed by atoms with Crippen molar-refractivity contribution >= 4 is 23.2 Å². The van der Waals surface area contributed by atoms with Crippen LogP contribution in [0.1, 0.15) is 49.7 Å². The van der Waals surface area contributed by atoms with Crippen LogP contribution in [-0.2, 0) is 0 Å². The summed E-state index contributed by atoms with van der Waals surface area (Å²) < 4.78 is 54.4. The van der Waals surface area contributed by atoms with E-state index in [9.17, 15) is 17.6 Å². The molecule has 21 heavy (non-hydrogen) atoms. The molecule has 2 unspecified atom stereocenters. The fourth-order valence-electron chi connectivity index (χ4n) is 5.26. The SMILES string of the molecule is CC1(C)C(Cl)(Cl)C12C1CCC2c2c(F)c(F)c(F)c(F)c21. The van der Waals surface area contributed by atoms with Crippen LogP contribution >= 0.6 is 23.2 Å². The Kier molecular flexibility index (Phi) is 2.38. The number of alkyl halides is 2. The zero-order valence-electron chi connectivity index (χ0n) is 11.3. The molecule has 0 aliphatic heterocycles. The van der Waals surface area contributed by atoms with Crippen molar-refractivity contribution in [1.82, 2.24) is 0 Å². The lowest BCUT2D eigenvalue weighted by Crippen LogP contribution is -2.15. The Hall–Kier alpha value is -0.480. The van der Waals surface area contributed by atoms with Gasteiger partial charge in [0, 0.05) is 22.0 Å². The monoisotopic (exact) mass is 338 g/mol. The van der Waals surface area contributed by atoms with Gasteiger partial charge in [-0.1, -0.05) is 13.8 Å². The summed E-state index contributed by atoms with van der Waals surface area (Å²) in [5, 5.41) is 0. The third kappa shape index (κ3) is 1.11. The van der Waals surface area contributed by atoms with Crippen LogP contribution in [0.2, 0.25) is 0 Å². The summed E-state index contributed by atoms with van der Waals surface area (Å²) in [7, 11) is 0. The fraction of sp³-hybridized carbons (Fsp3) is 0.600. The molecule has 0 N–H and O–H groups in total. The van der Waals surface area contributed by atoms with Crippen molar-refractivity contribution in [3.8, 4) is 0 Å². The predicted octanol–water partition coefficient (Wildman–Crippen LogP) is 5.42. The van der Waals surface area contributed by atoms with Gasteiger partial charge in [-0.2, -0.15) is 0 Å². The maximum absolute atomic E-state index is 14.2. The molecule has 2 bridgehead atoms. The molecule has 2 fully saturated rings. The van der Waals surface area contributed by atoms with E-state index in [0.29, 0.717) is 12.8 Å². The van der Waals surface area contributed by atoms with Crippen molar-refractivity contribution in [3.05, 3.63) is 34.4 Å². The number of fused-ring (bicyclic) bond motifs is 3. The van der Waals surface area contributed by atoms with Crippen LogP contribution in [0.15, 0.2) is 0 Å². The molecule has 2 atom stereocenters. The van der Waals surface area contributed by atoms with E-state index in [-0.39, 0.29) is 11.1 Å². The first-order chi connectivity index (χ1) is 9.62. The van der Waals surface area contributed by atoms with Crippen molar-refractivity contribution in [2.24, 2.45) is 10.8 Å². The molecule has 0 heterocycles. The molecule has 0 amide bonds. The van der Waals surface area contributed by atoms with E-state index in [0.717, 1.165) is 0 Å². The highest BCUT2D eigenvalue weighted by molar-refractivity contribution is 6.52. The Bertz CT molecular complexity index is 637. The van der Waals surface area contributed by atoms with Gasteiger partial charge in [-0.25, -0.2) is 17.6 Å². The second-order valence-electron chi connectivity index (χ2n) is 6.83. The van der Waals surface area contributed by atoms with Gasteiger partial charge in [0.25, 0.3) is 0 Å². The summed E-state index contributed by atoms with van der Waals surface area (Å²) in [5.74, 6) is -7.01. The summed E-state index contributed by atoms with van der Waals surface area (Å²) in [6.45, 7) is 3.68. The highest BCUT2D eigenvalue weighted by Crippen LogP contribution is 2.92. The van der Waals surface area contributed by atoms with Crippen molar-refractivity contribution < 1.29 is 17.6 Å². The lowest BCUT2D eigenvalue weighted by Gasteiger charge is -2.19. The smallest absolute Gasteiger partial charge is 0.197 e. The molecule has 6 heteroatoms. The van der Waals surface area contributed by atoms with Crippen LogP contribution in [0.3, 0.4) is 0 Å². The van der Waals surface area contributed by atoms with Crippen molar-refractivity contribution in [2.75, 3.05) is 0 Å². The maximum atomic E-state index is 14.2. The normalized spacial score (nSPS) is 37.1. The number of halogens is 6. The van der Waals surface area contributed by atoms with Crippen LogP contribution in [-0.4, -0.2) is 4.33 Å². The number of benzene rings is 1. The second kappa shape index (κ2) is 3.53. The highest BCUT2D eigenvalue weighted by Gasteiger charge is 2.90. The van der Waals surface area contributed by atoms with Crippen LogP contribution in [0.25, 0.3) is 0 Å². The van der Waals surface area contributed by atoms with Gasteiger partial charge in [0.05, 0.1) is 0 Å². The molecular weight excluding hydrogens is 327 g/mol. The summed E-state index contributed by atoms with van der Waals surface area (Å²) in [4.78, 5) is 0. The Balaban J connectivity index is 2.04. The molecule has 2 saturated carbocycles. The van der Waals surface area contributed by atoms with E-state index in [1.54, 1.807) is 0 Å². The van der Waals surface area contributed by atoms with E-state index in [1.807, 2.05) is 13.8 Å². The third-order valence-corrected chi connectivity index (χ3v) is 7.73. The number of rotatable bonds is 0. The molecule has 0 saturated heterocycles. The molecule has 3 aliphatic carbocycles. The summed E-state index contributed by atoms with van der Waals surface area (Å²) in [6, 6.07) is 0. The van der Waals surface area contributed by atoms with Gasteiger partial charge < -0.3 is 0 Å². The highest BCUT2D eigenvalue weighted by atomic mass is 35.5. The molecule has 1 spiro atoms. The fourth-order valence-corrected chi connectivity index (χ4v) is 6.48. The zero-order valence-corrected chi connectivity index (χ0v) is 12.8. The number of hydrogen-bond acceptors (Lipinski definition) is 0. The maximum Gasteiger partial charge on any atom is 0.197 e. The Morgan fingerprint density at radius 1 is 0.810 bits per heavy atom. The minimum Gasteiger partial charge on any atom is -0.203 e. The average molecular weight is 339 g/mol. The molecule has 0 radical (unpaired) electrons. The van der Waals surface area contributed by atoms with E-state index < -0.39 is 50.3 Å². The lowest BCUT2D eigenvalue weighted by molar-refractivity contribution is 0.341. The van der Waals surface area contributed by atoms with Crippen molar-refractivity contribution in [2.45, 2.75) is 42.9 Å². The van der Waals surface area contributed by atoms with Crippen LogP contribution in [0.4, 0.5) is 17.6 Å². The van der Waals surface area contributed by atoms with Gasteiger partial charge >= 0.3 is 0 Å². The standard InChI is InChI=1S/C15H12Cl2F4/c1-13(2)14(15(13,16)17)5-3-4-6(14)8-7(5)9(18)11(20)12(21)10(8)19/h5-6H,3-4H2,1-2H3. The number of hydrogen-bond donors (Lipinski definition) is 0. The summed E-state index contributed by atoms with van der Waals surface area (Å²) >= 11 is 12.9. The first-order valence-corrected chi connectivity index (χ1v) is 7.61. The lowest BCUT2D eigenvalue weighted by atomic mass is 9.84. The molecule has 1 aromatic carbocycles. The van der Waals surface area contributed by atoms with Crippen molar-refractivity contribution in [1.29, 1.82) is 0 Å². The molecule has 114 valence electrons. The molecule has 0 aromatic heterocycles. The quantitative estimate of drug-likeness (QED) is 0.256. The van der Waals surface area contributed by atoms with Crippen LogP contribution < -0.4 is 0 Å². The molecular formula is C15H12Cl2F4. The van der Waals surface area contributed by atoms with E-state index >= 15 is 0 Å². The minimum absolute atomic E-state index is 0.0566. The van der Waals surface area contributed by atoms with Gasteiger partial charge in [-0.3, -0.25) is 0 Å². The van der Waals surface area contributed by atoms with E-state index in [2.05, 4.69) is 0 Å². The molecule has 4 rings (SSSR count). The Morgan fingerprint density at radius 3 is 1.43 bits per heavy atom. The summed E-state index contributed by atoms with van der Waals surface area (Å²) in [5.41, 5.74) is -1.43. The topological polar surface area (TPSA) is 0 Å². The molecule has 1 aromatic rings. The predicted molar refractivity (Wildman–Crippen MR) is 71.6 cm³/mol. The van der Waals surface area contributed by atoms with Gasteiger partial charge in [-0.05, 0) is 24.7 Å². The average Bonchev–Trinajstić information content (AvgIpc) is 2.83. The second-order valence-corrected chi connectivity index (χ2v) is 8.16. The van der Waals surface area contributed by atoms with Gasteiger partial charge in [0.1, 0.15) is 4.33 Å². The zero-order chi connectivity index (χ0) is 15.5. The largest absolute Gasteiger partial charge is 0.203 e. The van der Waals surface area contributed by atoms with E-state index in [1.165, 1.54) is 0 Å². The minimum atomic E-state index is -1.75. The summed E-state index contributed by atoms with van der Waals surface area (Å²) in [6.07, 6.45) is 1.12. The van der Waals surface area contributed by atoms with Crippen molar-refractivity contribution in [3.63, 3.8) is 0 Å². The third-order valence-electron chi connectivity index (χ3n) is 6.16. The molecule has 3 aliphatic rings.